The molecule has 0 bridgehead atoms. The van der Waals surface area contributed by atoms with Crippen LogP contribution in [0.25, 0.3) is 22.7 Å². The second kappa shape index (κ2) is 10.2. The number of rotatable bonds is 8. The molecule has 4 aromatic rings. The minimum atomic E-state index is -4.57. The number of hydrogen-bond donors (Lipinski definition) is 1. The number of aliphatic hydroxyl groups is 1. The molecule has 190 valence electrons. The van der Waals surface area contributed by atoms with Gasteiger partial charge in [0.25, 0.3) is 0 Å². The summed E-state index contributed by atoms with van der Waals surface area (Å²) in [5.41, 5.74) is 1.01. The molecule has 1 saturated heterocycles. The van der Waals surface area contributed by atoms with Crippen LogP contribution in [0.4, 0.5) is 13.2 Å². The van der Waals surface area contributed by atoms with Crippen molar-refractivity contribution in [3.8, 4) is 17.4 Å². The number of ether oxygens (including phenoxy) is 2. The van der Waals surface area contributed by atoms with Gasteiger partial charge >= 0.3 is 6.18 Å². The highest BCUT2D eigenvalue weighted by atomic mass is 19.4. The summed E-state index contributed by atoms with van der Waals surface area (Å²) in [7, 11) is 0. The summed E-state index contributed by atoms with van der Waals surface area (Å²) >= 11 is 0. The minimum Gasteiger partial charge on any atom is -0.492 e. The van der Waals surface area contributed by atoms with Crippen molar-refractivity contribution < 1.29 is 27.8 Å². The smallest absolute Gasteiger partial charge is 0.435 e. The van der Waals surface area contributed by atoms with E-state index in [4.69, 9.17) is 9.47 Å². The number of morpholine rings is 1. The highest BCUT2D eigenvalue weighted by Crippen LogP contribution is 2.29. The number of imidazole rings is 1. The van der Waals surface area contributed by atoms with E-state index in [0.717, 1.165) is 49.1 Å². The highest BCUT2D eigenvalue weighted by molar-refractivity contribution is 5.78. The molecule has 3 aromatic heterocycles. The van der Waals surface area contributed by atoms with Crippen LogP contribution in [0.15, 0.2) is 48.9 Å². The standard InChI is InChI=1S/C24H25F3N6O3/c25-24(26,27)21-5-7-33(30-21)23-17(6-11-34)1-4-22(29-23)32-16-28-19-15-18(2-3-20(19)32)36-14-10-31-8-12-35-13-9-31/h1-5,7,15-16,34H,6,8-14H2. The Bertz CT molecular complexity index is 1330. The van der Waals surface area contributed by atoms with Crippen LogP contribution < -0.4 is 4.74 Å². The van der Waals surface area contributed by atoms with Crippen LogP contribution in [-0.2, 0) is 17.3 Å². The van der Waals surface area contributed by atoms with E-state index in [1.54, 1.807) is 23.0 Å². The predicted molar refractivity (Wildman–Crippen MR) is 125 cm³/mol. The average Bonchev–Trinajstić information content (AvgIpc) is 3.53. The van der Waals surface area contributed by atoms with E-state index in [0.29, 0.717) is 29.3 Å². The molecule has 1 aliphatic rings. The van der Waals surface area contributed by atoms with Gasteiger partial charge in [-0.15, -0.1) is 0 Å². The molecule has 36 heavy (non-hydrogen) atoms. The van der Waals surface area contributed by atoms with Gasteiger partial charge in [-0.25, -0.2) is 14.6 Å². The Balaban J connectivity index is 1.39. The summed E-state index contributed by atoms with van der Waals surface area (Å²) in [5, 5.41) is 13.1. The summed E-state index contributed by atoms with van der Waals surface area (Å²) in [6.45, 7) is 4.46. The van der Waals surface area contributed by atoms with Crippen molar-refractivity contribution >= 4 is 11.0 Å². The van der Waals surface area contributed by atoms with Crippen LogP contribution in [0.2, 0.25) is 0 Å². The quantitative estimate of drug-likeness (QED) is 0.396. The number of nitrogens with zero attached hydrogens (tertiary/aromatic N) is 6. The zero-order valence-electron chi connectivity index (χ0n) is 19.4. The maximum absolute atomic E-state index is 13.1. The van der Waals surface area contributed by atoms with Crippen molar-refractivity contribution in [1.82, 2.24) is 29.2 Å². The molecule has 0 atom stereocenters. The van der Waals surface area contributed by atoms with Gasteiger partial charge in [-0.05, 0) is 36.2 Å². The third kappa shape index (κ3) is 5.20. The number of hydrogen-bond acceptors (Lipinski definition) is 7. The van der Waals surface area contributed by atoms with Gasteiger partial charge in [-0.1, -0.05) is 6.07 Å². The number of alkyl halides is 3. The van der Waals surface area contributed by atoms with E-state index in [2.05, 4.69) is 20.0 Å². The first-order chi connectivity index (χ1) is 17.4. The van der Waals surface area contributed by atoms with Gasteiger partial charge < -0.3 is 14.6 Å². The first kappa shape index (κ1) is 24.2. The fraction of sp³-hybridized carbons (Fsp3) is 0.375. The second-order valence-corrected chi connectivity index (χ2v) is 8.34. The number of halogens is 3. The van der Waals surface area contributed by atoms with Gasteiger partial charge in [-0.3, -0.25) is 9.47 Å². The summed E-state index contributed by atoms with van der Waals surface area (Å²) in [4.78, 5) is 11.3. The van der Waals surface area contributed by atoms with Gasteiger partial charge in [0.1, 0.15) is 24.5 Å². The van der Waals surface area contributed by atoms with Gasteiger partial charge in [0.15, 0.2) is 11.5 Å². The van der Waals surface area contributed by atoms with Crippen molar-refractivity contribution in [3.63, 3.8) is 0 Å². The second-order valence-electron chi connectivity index (χ2n) is 8.34. The van der Waals surface area contributed by atoms with Crippen LogP contribution in [0, 0.1) is 0 Å². The van der Waals surface area contributed by atoms with Crippen molar-refractivity contribution in [1.29, 1.82) is 0 Å². The lowest BCUT2D eigenvalue weighted by atomic mass is 10.2. The topological polar surface area (TPSA) is 90.5 Å². The third-order valence-electron chi connectivity index (χ3n) is 5.96. The first-order valence-electron chi connectivity index (χ1n) is 11.6. The zero-order chi connectivity index (χ0) is 25.1. The third-order valence-corrected chi connectivity index (χ3v) is 5.96. The fourth-order valence-corrected chi connectivity index (χ4v) is 4.09. The van der Waals surface area contributed by atoms with Crippen molar-refractivity contribution in [2.75, 3.05) is 46.1 Å². The van der Waals surface area contributed by atoms with Crippen molar-refractivity contribution in [3.05, 3.63) is 60.2 Å². The lowest BCUT2D eigenvalue weighted by Gasteiger charge is -2.26. The molecule has 12 heteroatoms. The van der Waals surface area contributed by atoms with Crippen LogP contribution in [-0.4, -0.2) is 80.4 Å². The zero-order valence-corrected chi connectivity index (χ0v) is 19.4. The number of pyridine rings is 1. The minimum absolute atomic E-state index is 0.177. The van der Waals surface area contributed by atoms with Gasteiger partial charge in [0.05, 0.1) is 24.2 Å². The number of aromatic nitrogens is 5. The molecule has 0 aliphatic carbocycles. The lowest BCUT2D eigenvalue weighted by molar-refractivity contribution is -0.141. The normalized spacial score (nSPS) is 15.0. The number of aliphatic hydroxyl groups excluding tert-OH is 1. The van der Waals surface area contributed by atoms with Crippen LogP contribution in [0.1, 0.15) is 11.3 Å². The molecule has 0 unspecified atom stereocenters. The predicted octanol–water partition coefficient (Wildman–Crippen LogP) is 2.87. The molecular formula is C24H25F3N6O3. The maximum Gasteiger partial charge on any atom is 0.435 e. The molecule has 5 rings (SSSR count). The van der Waals surface area contributed by atoms with E-state index < -0.39 is 11.9 Å². The summed E-state index contributed by atoms with van der Waals surface area (Å²) in [5.74, 6) is 1.37. The van der Waals surface area contributed by atoms with E-state index in [-0.39, 0.29) is 18.8 Å². The number of fused-ring (bicyclic) bond motifs is 1. The van der Waals surface area contributed by atoms with Crippen LogP contribution in [0.5, 0.6) is 5.75 Å². The molecule has 1 aromatic carbocycles. The molecule has 1 N–H and O–H groups in total. The molecule has 0 radical (unpaired) electrons. The van der Waals surface area contributed by atoms with E-state index in [1.165, 1.54) is 6.20 Å². The molecule has 1 aliphatic heterocycles. The van der Waals surface area contributed by atoms with E-state index in [9.17, 15) is 18.3 Å². The lowest BCUT2D eigenvalue weighted by Crippen LogP contribution is -2.38. The van der Waals surface area contributed by atoms with E-state index in [1.807, 2.05) is 18.2 Å². The Hall–Kier alpha value is -3.48. The largest absolute Gasteiger partial charge is 0.492 e. The molecular weight excluding hydrogens is 477 g/mol. The maximum atomic E-state index is 13.1. The van der Waals surface area contributed by atoms with Crippen LogP contribution in [0.3, 0.4) is 0 Å². The van der Waals surface area contributed by atoms with Gasteiger partial charge in [-0.2, -0.15) is 18.3 Å². The summed E-state index contributed by atoms with van der Waals surface area (Å²) in [6.07, 6.45) is -1.53. The van der Waals surface area contributed by atoms with Gasteiger partial charge in [0.2, 0.25) is 0 Å². The Morgan fingerprint density at radius 3 is 2.67 bits per heavy atom. The molecule has 4 heterocycles. The Labute approximate surface area is 204 Å². The highest BCUT2D eigenvalue weighted by Gasteiger charge is 2.34. The molecule has 9 nitrogen and oxygen atoms in total. The van der Waals surface area contributed by atoms with Gasteiger partial charge in [0, 0.05) is 38.5 Å². The van der Waals surface area contributed by atoms with E-state index >= 15 is 0 Å². The van der Waals surface area contributed by atoms with Crippen molar-refractivity contribution in [2.45, 2.75) is 12.6 Å². The van der Waals surface area contributed by atoms with Crippen molar-refractivity contribution in [2.24, 2.45) is 0 Å². The molecule has 0 saturated carbocycles. The molecule has 1 fully saturated rings. The average molecular weight is 502 g/mol. The SMILES string of the molecule is OCCc1ccc(-n2cnc3cc(OCCN4CCOCC4)ccc32)nc1-n1ccc(C(F)(F)F)n1. The number of benzene rings is 1. The summed E-state index contributed by atoms with van der Waals surface area (Å²) in [6, 6.07) is 9.91. The molecule has 0 spiro atoms. The fourth-order valence-electron chi connectivity index (χ4n) is 4.09. The van der Waals surface area contributed by atoms with Crippen LogP contribution >= 0.6 is 0 Å². The Morgan fingerprint density at radius 2 is 1.92 bits per heavy atom. The molecule has 0 amide bonds. The monoisotopic (exact) mass is 502 g/mol. The first-order valence-corrected chi connectivity index (χ1v) is 11.6. The Kier molecular flexibility index (Phi) is 6.90. The Morgan fingerprint density at radius 1 is 1.08 bits per heavy atom. The summed E-state index contributed by atoms with van der Waals surface area (Å²) < 4.78 is 53.3.